The summed E-state index contributed by atoms with van der Waals surface area (Å²) in [6, 6.07) is 6.84. The first-order chi connectivity index (χ1) is 5.68. The van der Waals surface area contributed by atoms with Crippen LogP contribution in [0.4, 0.5) is 0 Å². The number of carbonyl (C=O) groups is 1. The number of benzene rings is 1. The Balaban J connectivity index is 2.86. The third kappa shape index (κ3) is 2.65. The second-order valence-electron chi connectivity index (χ2n) is 2.12. The van der Waals surface area contributed by atoms with E-state index in [1.165, 1.54) is 0 Å². The molecule has 0 spiro atoms. The van der Waals surface area contributed by atoms with E-state index in [1.54, 1.807) is 24.3 Å². The van der Waals surface area contributed by atoms with Gasteiger partial charge in [-0.1, -0.05) is 17.5 Å². The molecule has 0 atom stereocenters. The summed E-state index contributed by atoms with van der Waals surface area (Å²) >= 11 is 5.63. The zero-order valence-corrected chi connectivity index (χ0v) is 6.93. The lowest BCUT2D eigenvalue weighted by atomic mass is 10.2. The Hall–Kier alpha value is -1.46. The van der Waals surface area contributed by atoms with Crippen LogP contribution in [-0.4, -0.2) is 5.91 Å². The van der Waals surface area contributed by atoms with Crippen LogP contribution in [0.25, 0.3) is 0 Å². The van der Waals surface area contributed by atoms with Gasteiger partial charge in [0.25, 0.3) is 5.91 Å². The fourth-order valence-electron chi connectivity index (χ4n) is 0.667. The standard InChI is InChI=1S/C9H6ClNO/c10-8-4-1-7(2-5-8)3-6-9(11)12/h1-2,4-5H,(H2,11,12). The molecule has 1 aromatic rings. The zero-order chi connectivity index (χ0) is 8.97. The Morgan fingerprint density at radius 1 is 1.33 bits per heavy atom. The molecule has 0 radical (unpaired) electrons. The lowest BCUT2D eigenvalue weighted by molar-refractivity contribution is -0.112. The van der Waals surface area contributed by atoms with E-state index in [4.69, 9.17) is 17.3 Å². The Kier molecular flexibility index (Phi) is 2.73. The molecule has 1 rings (SSSR count). The van der Waals surface area contributed by atoms with Crippen LogP contribution in [0, 0.1) is 11.8 Å². The molecule has 0 unspecified atom stereocenters. The highest BCUT2D eigenvalue weighted by Crippen LogP contribution is 2.07. The predicted molar refractivity (Wildman–Crippen MR) is 47.5 cm³/mol. The van der Waals surface area contributed by atoms with E-state index >= 15 is 0 Å². The molecule has 2 nitrogen and oxygen atoms in total. The van der Waals surface area contributed by atoms with E-state index in [9.17, 15) is 4.79 Å². The summed E-state index contributed by atoms with van der Waals surface area (Å²) in [6.07, 6.45) is 0. The van der Waals surface area contributed by atoms with E-state index in [0.717, 1.165) is 5.56 Å². The van der Waals surface area contributed by atoms with E-state index in [-0.39, 0.29) is 0 Å². The van der Waals surface area contributed by atoms with Gasteiger partial charge in [-0.25, -0.2) is 0 Å². The van der Waals surface area contributed by atoms with E-state index in [2.05, 4.69) is 11.8 Å². The van der Waals surface area contributed by atoms with Crippen molar-refractivity contribution in [2.75, 3.05) is 0 Å². The Morgan fingerprint density at radius 3 is 2.42 bits per heavy atom. The third-order valence-corrected chi connectivity index (χ3v) is 1.43. The van der Waals surface area contributed by atoms with Crippen LogP contribution in [0.15, 0.2) is 24.3 Å². The number of rotatable bonds is 0. The average molecular weight is 180 g/mol. The van der Waals surface area contributed by atoms with Crippen molar-refractivity contribution in [2.24, 2.45) is 5.73 Å². The first kappa shape index (κ1) is 8.63. The summed E-state index contributed by atoms with van der Waals surface area (Å²) in [5, 5.41) is 0.639. The van der Waals surface area contributed by atoms with E-state index in [1.807, 2.05) is 0 Å². The van der Waals surface area contributed by atoms with Gasteiger partial charge < -0.3 is 5.73 Å². The van der Waals surface area contributed by atoms with Gasteiger partial charge in [-0.3, -0.25) is 4.79 Å². The van der Waals surface area contributed by atoms with E-state index < -0.39 is 5.91 Å². The minimum absolute atomic E-state index is 0.634. The van der Waals surface area contributed by atoms with Crippen LogP contribution in [0.2, 0.25) is 5.02 Å². The SMILES string of the molecule is NC(=O)C#Cc1ccc(Cl)cc1. The maximum Gasteiger partial charge on any atom is 0.293 e. The van der Waals surface area contributed by atoms with Crippen molar-refractivity contribution in [3.8, 4) is 11.8 Å². The molecule has 3 heteroatoms. The molecule has 0 saturated heterocycles. The van der Waals surface area contributed by atoms with Crippen molar-refractivity contribution in [2.45, 2.75) is 0 Å². The van der Waals surface area contributed by atoms with Crippen LogP contribution < -0.4 is 5.73 Å². The molecule has 2 N–H and O–H groups in total. The molecular weight excluding hydrogens is 174 g/mol. The van der Waals surface area contributed by atoms with Crippen molar-refractivity contribution in [1.82, 2.24) is 0 Å². The molecule has 0 aliphatic carbocycles. The molecule has 0 fully saturated rings. The second-order valence-corrected chi connectivity index (χ2v) is 2.56. The summed E-state index contributed by atoms with van der Waals surface area (Å²) in [5.41, 5.74) is 5.55. The molecular formula is C9H6ClNO. The lowest BCUT2D eigenvalue weighted by Gasteiger charge is -1.88. The first-order valence-electron chi connectivity index (χ1n) is 3.25. The van der Waals surface area contributed by atoms with Gasteiger partial charge in [0.05, 0.1) is 0 Å². The van der Waals surface area contributed by atoms with Crippen molar-refractivity contribution < 1.29 is 4.79 Å². The van der Waals surface area contributed by atoms with Gasteiger partial charge in [0.15, 0.2) is 0 Å². The number of primary amides is 1. The largest absolute Gasteiger partial charge is 0.359 e. The quantitative estimate of drug-likeness (QED) is 0.597. The number of carbonyl (C=O) groups excluding carboxylic acids is 1. The van der Waals surface area contributed by atoms with Gasteiger partial charge in [0.1, 0.15) is 0 Å². The molecule has 0 bridgehead atoms. The Labute approximate surface area is 75.3 Å². The monoisotopic (exact) mass is 179 g/mol. The van der Waals surface area contributed by atoms with Gasteiger partial charge in [-0.2, -0.15) is 0 Å². The molecule has 0 saturated carbocycles. The summed E-state index contributed by atoms with van der Waals surface area (Å²) in [7, 11) is 0. The van der Waals surface area contributed by atoms with Crippen LogP contribution in [0.1, 0.15) is 5.56 Å². The van der Waals surface area contributed by atoms with Crippen molar-refractivity contribution in [3.63, 3.8) is 0 Å². The molecule has 1 amide bonds. The molecule has 0 aromatic heterocycles. The van der Waals surface area contributed by atoms with Crippen LogP contribution in [0.5, 0.6) is 0 Å². The fourth-order valence-corrected chi connectivity index (χ4v) is 0.793. The maximum absolute atomic E-state index is 10.3. The molecule has 0 aliphatic heterocycles. The number of halogens is 1. The second kappa shape index (κ2) is 3.80. The molecule has 1 aromatic carbocycles. The predicted octanol–water partition coefficient (Wildman–Crippen LogP) is 1.18. The lowest BCUT2D eigenvalue weighted by Crippen LogP contribution is -2.06. The minimum atomic E-state index is -0.634. The number of nitrogens with two attached hydrogens (primary N) is 1. The number of hydrogen-bond acceptors (Lipinski definition) is 1. The minimum Gasteiger partial charge on any atom is -0.359 e. The number of hydrogen-bond donors (Lipinski definition) is 1. The Bertz CT molecular complexity index is 345. The third-order valence-electron chi connectivity index (χ3n) is 1.17. The maximum atomic E-state index is 10.3. The summed E-state index contributed by atoms with van der Waals surface area (Å²) < 4.78 is 0. The van der Waals surface area contributed by atoms with Crippen LogP contribution >= 0.6 is 11.6 Å². The highest BCUT2D eigenvalue weighted by Gasteiger charge is 1.87. The smallest absolute Gasteiger partial charge is 0.293 e. The summed E-state index contributed by atoms with van der Waals surface area (Å²) in [6.45, 7) is 0. The summed E-state index contributed by atoms with van der Waals surface area (Å²) in [4.78, 5) is 10.3. The van der Waals surface area contributed by atoms with Crippen molar-refractivity contribution in [1.29, 1.82) is 0 Å². The normalized spacial score (nSPS) is 8.42. The van der Waals surface area contributed by atoms with Gasteiger partial charge in [-0.15, -0.1) is 0 Å². The Morgan fingerprint density at radius 2 is 1.92 bits per heavy atom. The molecule has 60 valence electrons. The zero-order valence-electron chi connectivity index (χ0n) is 6.17. The first-order valence-corrected chi connectivity index (χ1v) is 3.63. The van der Waals surface area contributed by atoms with Gasteiger partial charge >= 0.3 is 0 Å². The highest BCUT2D eigenvalue weighted by molar-refractivity contribution is 6.30. The van der Waals surface area contributed by atoms with Gasteiger partial charge in [0, 0.05) is 10.6 Å². The number of amides is 1. The molecule has 0 heterocycles. The van der Waals surface area contributed by atoms with Crippen LogP contribution in [0.3, 0.4) is 0 Å². The van der Waals surface area contributed by atoms with Crippen molar-refractivity contribution in [3.05, 3.63) is 34.9 Å². The molecule has 12 heavy (non-hydrogen) atoms. The van der Waals surface area contributed by atoms with Gasteiger partial charge in [0.2, 0.25) is 0 Å². The van der Waals surface area contributed by atoms with Crippen molar-refractivity contribution >= 4 is 17.5 Å². The topological polar surface area (TPSA) is 43.1 Å². The van der Waals surface area contributed by atoms with E-state index in [0.29, 0.717) is 5.02 Å². The average Bonchev–Trinajstić information content (AvgIpc) is 2.03. The molecule has 0 aliphatic rings. The summed E-state index contributed by atoms with van der Waals surface area (Å²) in [5.74, 6) is 4.18. The highest BCUT2D eigenvalue weighted by atomic mass is 35.5. The fraction of sp³-hybridized carbons (Fsp3) is 0. The van der Waals surface area contributed by atoms with Crippen LogP contribution in [-0.2, 0) is 4.79 Å². The van der Waals surface area contributed by atoms with Gasteiger partial charge in [-0.05, 0) is 30.2 Å².